The van der Waals surface area contributed by atoms with Crippen LogP contribution in [0.25, 0.3) is 0 Å². The Kier molecular flexibility index (Phi) is 6.20. The van der Waals surface area contributed by atoms with Crippen molar-refractivity contribution >= 4 is 17.7 Å². The van der Waals surface area contributed by atoms with Crippen LogP contribution < -0.4 is 5.32 Å². The van der Waals surface area contributed by atoms with E-state index in [9.17, 15) is 4.79 Å². The molecular weight excluding hydrogens is 307 g/mol. The molecule has 1 rings (SSSR count). The van der Waals surface area contributed by atoms with Gasteiger partial charge in [0.05, 0.1) is 0 Å². The summed E-state index contributed by atoms with van der Waals surface area (Å²) in [6.07, 6.45) is -0.818. The molecule has 0 aliphatic carbocycles. The fourth-order valence-corrected chi connectivity index (χ4v) is 2.32. The Morgan fingerprint density at radius 1 is 1.32 bits per heavy atom. The lowest BCUT2D eigenvalue weighted by molar-refractivity contribution is -0.0685. The van der Waals surface area contributed by atoms with E-state index >= 15 is 4.39 Å². The average Bonchev–Trinajstić information content (AvgIpc) is 2.37. The lowest BCUT2D eigenvalue weighted by atomic mass is 10.1. The Hall–Kier alpha value is -1.33. The van der Waals surface area contributed by atoms with Gasteiger partial charge in [-0.2, -0.15) is 4.39 Å². The smallest absolute Gasteiger partial charge is 0.411 e. The highest BCUT2D eigenvalue weighted by atomic mass is 35.5. The number of ether oxygens (including phenoxy) is 1. The lowest BCUT2D eigenvalue weighted by Gasteiger charge is -2.37. The molecule has 22 heavy (non-hydrogen) atoms. The van der Waals surface area contributed by atoms with Crippen LogP contribution in [0, 0.1) is 0 Å². The number of hydrogen-bond donors (Lipinski definition) is 1. The molecule has 1 aromatic rings. The number of hydrogen-bond acceptors (Lipinski definition) is 3. The van der Waals surface area contributed by atoms with Crippen LogP contribution in [0.4, 0.5) is 9.18 Å². The second-order valence-electron chi connectivity index (χ2n) is 5.93. The van der Waals surface area contributed by atoms with Gasteiger partial charge in [0, 0.05) is 23.7 Å². The van der Waals surface area contributed by atoms with Crippen LogP contribution >= 0.6 is 11.6 Å². The van der Waals surface area contributed by atoms with Gasteiger partial charge in [-0.3, -0.25) is 10.2 Å². The number of benzene rings is 1. The summed E-state index contributed by atoms with van der Waals surface area (Å²) in [4.78, 5) is 13.5. The van der Waals surface area contributed by atoms with Crippen LogP contribution in [0.15, 0.2) is 24.3 Å². The summed E-state index contributed by atoms with van der Waals surface area (Å²) in [5.74, 6) is -2.18. The van der Waals surface area contributed by atoms with Crippen molar-refractivity contribution in [1.29, 1.82) is 0 Å². The van der Waals surface area contributed by atoms with Crippen molar-refractivity contribution in [3.05, 3.63) is 34.9 Å². The minimum atomic E-state index is -2.18. The van der Waals surface area contributed by atoms with E-state index in [0.717, 1.165) is 0 Å². The molecule has 0 bridgehead atoms. The van der Waals surface area contributed by atoms with E-state index < -0.39 is 17.6 Å². The van der Waals surface area contributed by atoms with E-state index in [4.69, 9.17) is 16.3 Å². The highest BCUT2D eigenvalue weighted by molar-refractivity contribution is 6.30. The number of carbonyl (C=O) groups is 1. The zero-order chi connectivity index (χ0) is 17.0. The Morgan fingerprint density at radius 2 is 1.91 bits per heavy atom. The Balaban J connectivity index is 3.15. The largest absolute Gasteiger partial charge is 0.444 e. The number of nitrogens with zero attached hydrogens (tertiary/aromatic N) is 1. The fraction of sp³-hybridized carbons (Fsp3) is 0.562. The Morgan fingerprint density at radius 3 is 2.36 bits per heavy atom. The molecule has 1 aromatic carbocycles. The molecule has 1 amide bonds. The van der Waals surface area contributed by atoms with Crippen molar-refractivity contribution in [1.82, 2.24) is 10.2 Å². The summed E-state index contributed by atoms with van der Waals surface area (Å²) in [6.45, 7) is 9.64. The maximum atomic E-state index is 15.7. The second-order valence-corrected chi connectivity index (χ2v) is 6.37. The van der Waals surface area contributed by atoms with Gasteiger partial charge in [-0.15, -0.1) is 0 Å². The number of amides is 1. The van der Waals surface area contributed by atoms with E-state index in [1.165, 1.54) is 11.0 Å². The van der Waals surface area contributed by atoms with Crippen molar-refractivity contribution in [2.75, 3.05) is 13.1 Å². The summed E-state index contributed by atoms with van der Waals surface area (Å²) in [5, 5.41) is 2.74. The molecule has 0 saturated carbocycles. The zero-order valence-electron chi connectivity index (χ0n) is 13.7. The van der Waals surface area contributed by atoms with Gasteiger partial charge >= 0.3 is 6.09 Å². The molecule has 4 nitrogen and oxygen atoms in total. The zero-order valence-corrected chi connectivity index (χ0v) is 14.5. The molecule has 6 heteroatoms. The molecule has 0 aromatic heterocycles. The molecular formula is C16H24ClFN2O2. The highest BCUT2D eigenvalue weighted by Crippen LogP contribution is 2.29. The quantitative estimate of drug-likeness (QED) is 0.647. The minimum Gasteiger partial charge on any atom is -0.444 e. The molecule has 0 aliphatic heterocycles. The monoisotopic (exact) mass is 330 g/mol. The standard InChI is InChI=1S/C16H24ClFN2O2/c1-6-20(7-2)16(18,12-9-8-10-13(17)11-12)19-14(21)22-15(3,4)5/h8-11H,6-7H2,1-5H3,(H,19,21). The molecule has 0 radical (unpaired) electrons. The molecule has 124 valence electrons. The Bertz CT molecular complexity index is 515. The van der Waals surface area contributed by atoms with Gasteiger partial charge < -0.3 is 4.74 Å². The van der Waals surface area contributed by atoms with Crippen molar-refractivity contribution in [2.45, 2.75) is 46.1 Å². The summed E-state index contributed by atoms with van der Waals surface area (Å²) < 4.78 is 20.8. The van der Waals surface area contributed by atoms with Gasteiger partial charge in [0.15, 0.2) is 0 Å². The number of halogens is 2. The van der Waals surface area contributed by atoms with E-state index in [1.54, 1.807) is 39.0 Å². The predicted molar refractivity (Wildman–Crippen MR) is 86.5 cm³/mol. The molecule has 0 spiro atoms. The third-order valence-electron chi connectivity index (χ3n) is 3.07. The first kappa shape index (κ1) is 18.7. The molecule has 0 saturated heterocycles. The van der Waals surface area contributed by atoms with Gasteiger partial charge in [-0.25, -0.2) is 4.79 Å². The summed E-state index contributed by atoms with van der Waals surface area (Å²) in [7, 11) is 0. The number of alkyl halides is 1. The van der Waals surface area contributed by atoms with Crippen LogP contribution in [0.3, 0.4) is 0 Å². The van der Waals surface area contributed by atoms with Crippen molar-refractivity contribution < 1.29 is 13.9 Å². The third-order valence-corrected chi connectivity index (χ3v) is 3.31. The second kappa shape index (κ2) is 7.29. The predicted octanol–water partition coefficient (Wildman–Crippen LogP) is 4.29. The first-order valence-electron chi connectivity index (χ1n) is 7.33. The van der Waals surface area contributed by atoms with Crippen LogP contribution in [0.2, 0.25) is 5.02 Å². The average molecular weight is 331 g/mol. The molecule has 1 unspecified atom stereocenters. The van der Waals surface area contributed by atoms with E-state index in [2.05, 4.69) is 5.32 Å². The van der Waals surface area contributed by atoms with Crippen LogP contribution in [0.5, 0.6) is 0 Å². The summed E-state index contributed by atoms with van der Waals surface area (Å²) >= 11 is 5.96. The van der Waals surface area contributed by atoms with E-state index in [1.807, 2.05) is 13.8 Å². The molecule has 0 fully saturated rings. The van der Waals surface area contributed by atoms with E-state index in [0.29, 0.717) is 18.1 Å². The molecule has 1 N–H and O–H groups in total. The number of carbonyl (C=O) groups excluding carboxylic acids is 1. The van der Waals surface area contributed by atoms with E-state index in [-0.39, 0.29) is 5.56 Å². The minimum absolute atomic E-state index is 0.259. The van der Waals surface area contributed by atoms with Gasteiger partial charge in [0.2, 0.25) is 0 Å². The molecule has 0 heterocycles. The third kappa shape index (κ3) is 4.85. The molecule has 0 aliphatic rings. The van der Waals surface area contributed by atoms with Crippen LogP contribution in [-0.4, -0.2) is 29.7 Å². The highest BCUT2D eigenvalue weighted by Gasteiger charge is 2.40. The number of rotatable bonds is 5. The number of alkyl carbamates (subject to hydrolysis) is 1. The van der Waals surface area contributed by atoms with Crippen molar-refractivity contribution in [3.63, 3.8) is 0 Å². The first-order valence-corrected chi connectivity index (χ1v) is 7.71. The molecule has 1 atom stereocenters. The summed E-state index contributed by atoms with van der Waals surface area (Å²) in [6, 6.07) is 6.38. The first-order chi connectivity index (χ1) is 10.1. The summed E-state index contributed by atoms with van der Waals surface area (Å²) in [5.41, 5.74) is -0.447. The Labute approximate surface area is 136 Å². The SMILES string of the molecule is CCN(CC)C(F)(NC(=O)OC(C)(C)C)c1cccc(Cl)c1. The lowest BCUT2D eigenvalue weighted by Crippen LogP contribution is -2.55. The van der Waals surface area contributed by atoms with Crippen LogP contribution in [0.1, 0.15) is 40.2 Å². The fourth-order valence-electron chi connectivity index (χ4n) is 2.13. The van der Waals surface area contributed by atoms with Crippen LogP contribution in [-0.2, 0) is 10.7 Å². The maximum absolute atomic E-state index is 15.7. The maximum Gasteiger partial charge on any atom is 0.411 e. The number of nitrogens with one attached hydrogen (secondary N) is 1. The van der Waals surface area contributed by atoms with Gasteiger partial charge in [0.25, 0.3) is 5.92 Å². The van der Waals surface area contributed by atoms with Gasteiger partial charge in [-0.05, 0) is 32.9 Å². The topological polar surface area (TPSA) is 41.6 Å². The van der Waals surface area contributed by atoms with Crippen molar-refractivity contribution in [2.24, 2.45) is 0 Å². The van der Waals surface area contributed by atoms with Gasteiger partial charge in [-0.1, -0.05) is 37.6 Å². The normalized spacial score (nSPS) is 14.5. The van der Waals surface area contributed by atoms with Crippen molar-refractivity contribution in [3.8, 4) is 0 Å². The van der Waals surface area contributed by atoms with Gasteiger partial charge in [0.1, 0.15) is 5.60 Å².